The van der Waals surface area contributed by atoms with E-state index in [1.54, 1.807) is 7.11 Å². The topological polar surface area (TPSA) is 70.0 Å². The summed E-state index contributed by atoms with van der Waals surface area (Å²) in [4.78, 5) is 7.81. The van der Waals surface area contributed by atoms with E-state index in [0.29, 0.717) is 12.5 Å². The summed E-state index contributed by atoms with van der Waals surface area (Å²) in [7, 11) is 1.70. The van der Waals surface area contributed by atoms with E-state index >= 15 is 0 Å². The van der Waals surface area contributed by atoms with Crippen molar-refractivity contribution in [3.05, 3.63) is 60.4 Å². The third kappa shape index (κ3) is 2.66. The minimum atomic E-state index is 0.652. The van der Waals surface area contributed by atoms with Crippen molar-refractivity contribution in [2.45, 2.75) is 18.8 Å². The van der Waals surface area contributed by atoms with Crippen molar-refractivity contribution >= 4 is 17.3 Å². The Labute approximate surface area is 151 Å². The van der Waals surface area contributed by atoms with E-state index in [0.717, 1.165) is 33.8 Å². The van der Waals surface area contributed by atoms with Crippen LogP contribution in [0.4, 0.5) is 11.5 Å². The number of para-hydroxylation sites is 2. The lowest BCUT2D eigenvalue weighted by Gasteiger charge is -2.29. The van der Waals surface area contributed by atoms with Crippen LogP contribution in [-0.2, 0) is 0 Å². The number of nitrogens with one attached hydrogen (secondary N) is 3. The molecule has 1 atom stereocenters. The van der Waals surface area contributed by atoms with Crippen molar-refractivity contribution in [3.8, 4) is 5.75 Å². The molecule has 0 spiro atoms. The number of ether oxygens (including phenoxy) is 1. The van der Waals surface area contributed by atoms with Gasteiger partial charge in [-0.25, -0.2) is 9.89 Å². The first kappa shape index (κ1) is 15.2. The Kier molecular flexibility index (Phi) is 3.53. The summed E-state index contributed by atoms with van der Waals surface area (Å²) in [6.07, 6.45) is 8.51. The molecule has 1 saturated carbocycles. The SMILES string of the molecule is COc1ccccc1N1C=C(Nc2cc(C3CC3)[nH]n2)[NH+]2C=CN=C2C1. The molecular formula is C19H21N6O+. The van der Waals surface area contributed by atoms with E-state index in [-0.39, 0.29) is 0 Å². The van der Waals surface area contributed by atoms with Crippen LogP contribution in [0.5, 0.6) is 5.75 Å². The van der Waals surface area contributed by atoms with Gasteiger partial charge in [0, 0.05) is 17.7 Å². The van der Waals surface area contributed by atoms with Crippen molar-refractivity contribution in [3.63, 3.8) is 0 Å². The fourth-order valence-corrected chi connectivity index (χ4v) is 3.43. The molecular weight excluding hydrogens is 328 g/mol. The number of anilines is 2. The lowest BCUT2D eigenvalue weighted by atomic mass is 10.2. The molecule has 1 aromatic carbocycles. The molecule has 0 amide bonds. The van der Waals surface area contributed by atoms with Gasteiger partial charge in [-0.3, -0.25) is 10.4 Å². The zero-order valence-corrected chi connectivity index (χ0v) is 14.6. The summed E-state index contributed by atoms with van der Waals surface area (Å²) >= 11 is 0. The third-order valence-electron chi connectivity index (χ3n) is 4.95. The number of aromatic nitrogens is 2. The summed E-state index contributed by atoms with van der Waals surface area (Å²) in [6.45, 7) is 0.710. The number of hydrogen-bond donors (Lipinski definition) is 3. The normalized spacial score (nSPS) is 21.3. The molecule has 1 fully saturated rings. The summed E-state index contributed by atoms with van der Waals surface area (Å²) in [6, 6.07) is 10.1. The third-order valence-corrected chi connectivity index (χ3v) is 4.95. The Morgan fingerprint density at radius 2 is 2.19 bits per heavy atom. The minimum Gasteiger partial charge on any atom is -0.495 e. The van der Waals surface area contributed by atoms with Gasteiger partial charge in [0.25, 0.3) is 0 Å². The number of fused-ring (bicyclic) bond motifs is 1. The number of aliphatic imine (C=N–C) groups is 1. The summed E-state index contributed by atoms with van der Waals surface area (Å²) < 4.78 is 5.53. The highest BCUT2D eigenvalue weighted by molar-refractivity contribution is 5.85. The molecule has 26 heavy (non-hydrogen) atoms. The maximum atomic E-state index is 5.53. The van der Waals surface area contributed by atoms with E-state index in [1.807, 2.05) is 30.6 Å². The zero-order valence-electron chi connectivity index (χ0n) is 14.6. The van der Waals surface area contributed by atoms with Crippen LogP contribution in [0, 0.1) is 0 Å². The second-order valence-electron chi connectivity index (χ2n) is 6.76. The first-order chi connectivity index (χ1) is 12.8. The molecule has 2 aromatic rings. The van der Waals surface area contributed by atoms with Gasteiger partial charge in [0.2, 0.25) is 11.7 Å². The van der Waals surface area contributed by atoms with Crippen LogP contribution in [0.2, 0.25) is 0 Å². The van der Waals surface area contributed by atoms with E-state index in [4.69, 9.17) is 4.74 Å². The molecule has 0 bridgehead atoms. The number of rotatable bonds is 5. The summed E-state index contributed by atoms with van der Waals surface area (Å²) in [5.41, 5.74) is 2.23. The van der Waals surface area contributed by atoms with Crippen LogP contribution in [0.15, 0.2) is 59.7 Å². The van der Waals surface area contributed by atoms with Gasteiger partial charge in [0.15, 0.2) is 5.82 Å². The second kappa shape index (κ2) is 6.03. The van der Waals surface area contributed by atoms with Crippen LogP contribution in [0.1, 0.15) is 24.5 Å². The van der Waals surface area contributed by atoms with Crippen LogP contribution in [-0.4, -0.2) is 29.7 Å². The summed E-state index contributed by atoms with van der Waals surface area (Å²) in [5, 5.41) is 11.0. The number of methoxy groups -OCH3 is 1. The fourth-order valence-electron chi connectivity index (χ4n) is 3.43. The number of nitrogens with zero attached hydrogens (tertiary/aromatic N) is 3. The quantitative estimate of drug-likeness (QED) is 0.770. The molecule has 3 N–H and O–H groups in total. The van der Waals surface area contributed by atoms with Crippen molar-refractivity contribution < 1.29 is 9.64 Å². The zero-order chi connectivity index (χ0) is 17.5. The predicted molar refractivity (Wildman–Crippen MR) is 100 cm³/mol. The number of benzene rings is 1. The average Bonchev–Trinajstić information content (AvgIpc) is 3.23. The Balaban J connectivity index is 1.47. The number of quaternary nitrogens is 1. The van der Waals surface area contributed by atoms with Gasteiger partial charge in [-0.2, -0.15) is 5.10 Å². The number of aromatic amines is 1. The second-order valence-corrected chi connectivity index (χ2v) is 6.76. The number of H-pyrrole nitrogens is 1. The molecule has 3 aliphatic rings. The van der Waals surface area contributed by atoms with Gasteiger partial charge in [-0.1, -0.05) is 12.1 Å². The van der Waals surface area contributed by atoms with Crippen LogP contribution >= 0.6 is 0 Å². The van der Waals surface area contributed by atoms with Crippen molar-refractivity contribution in [1.29, 1.82) is 0 Å². The Hall–Kier alpha value is -3.06. The number of amidine groups is 1. The van der Waals surface area contributed by atoms with E-state index < -0.39 is 0 Å². The Bertz CT molecular complexity index is 924. The van der Waals surface area contributed by atoms with Crippen molar-refractivity contribution in [2.24, 2.45) is 4.99 Å². The van der Waals surface area contributed by atoms with Gasteiger partial charge in [-0.05, 0) is 25.0 Å². The largest absolute Gasteiger partial charge is 0.495 e. The maximum absolute atomic E-state index is 5.53. The maximum Gasteiger partial charge on any atom is 0.232 e. The molecule has 0 radical (unpaired) electrons. The highest BCUT2D eigenvalue weighted by Crippen LogP contribution is 2.39. The molecule has 1 unspecified atom stereocenters. The highest BCUT2D eigenvalue weighted by Gasteiger charge is 2.33. The Morgan fingerprint density at radius 3 is 3.04 bits per heavy atom. The van der Waals surface area contributed by atoms with Crippen molar-refractivity contribution in [1.82, 2.24) is 10.2 Å². The molecule has 7 heteroatoms. The van der Waals surface area contributed by atoms with Crippen LogP contribution in [0.3, 0.4) is 0 Å². The molecule has 1 aliphatic carbocycles. The monoisotopic (exact) mass is 349 g/mol. The summed E-state index contributed by atoms with van der Waals surface area (Å²) in [5.74, 6) is 4.36. The van der Waals surface area contributed by atoms with Gasteiger partial charge >= 0.3 is 0 Å². The van der Waals surface area contributed by atoms with E-state index in [2.05, 4.69) is 43.7 Å². The smallest absolute Gasteiger partial charge is 0.232 e. The lowest BCUT2D eigenvalue weighted by Crippen LogP contribution is -3.10. The van der Waals surface area contributed by atoms with Crippen LogP contribution < -0.4 is 19.9 Å². The van der Waals surface area contributed by atoms with Crippen LogP contribution in [0.25, 0.3) is 0 Å². The van der Waals surface area contributed by atoms with Gasteiger partial charge in [0.05, 0.1) is 25.2 Å². The molecule has 3 heterocycles. The lowest BCUT2D eigenvalue weighted by molar-refractivity contribution is -0.698. The molecule has 7 nitrogen and oxygen atoms in total. The van der Waals surface area contributed by atoms with Crippen molar-refractivity contribution in [2.75, 3.05) is 23.9 Å². The standard InChI is InChI=1S/C19H20N6O/c1-26-16-5-3-2-4-15(16)24-11-18-20-8-9-25(18)19(12-24)21-17-10-14(22-23-17)13-6-7-13/h2-5,8-10,12-13H,6-7,11H2,1H3,(H2,21,22,23)/p+1. The molecule has 5 rings (SSSR count). The predicted octanol–water partition coefficient (Wildman–Crippen LogP) is 1.79. The fraction of sp³-hybridized carbons (Fsp3) is 0.263. The highest BCUT2D eigenvalue weighted by atomic mass is 16.5. The minimum absolute atomic E-state index is 0.652. The van der Waals surface area contributed by atoms with Gasteiger partial charge < -0.3 is 9.64 Å². The molecule has 1 aromatic heterocycles. The first-order valence-corrected chi connectivity index (χ1v) is 8.86. The molecule has 132 valence electrons. The first-order valence-electron chi connectivity index (χ1n) is 8.86. The Morgan fingerprint density at radius 1 is 1.31 bits per heavy atom. The molecule has 0 saturated heterocycles. The average molecular weight is 349 g/mol. The van der Waals surface area contributed by atoms with E-state index in [9.17, 15) is 0 Å². The van der Waals surface area contributed by atoms with Gasteiger partial charge in [-0.15, -0.1) is 0 Å². The van der Waals surface area contributed by atoms with Gasteiger partial charge in [0.1, 0.15) is 18.5 Å². The number of hydrogen-bond acceptors (Lipinski definition) is 5. The van der Waals surface area contributed by atoms with E-state index in [1.165, 1.54) is 18.5 Å². The molecule has 2 aliphatic heterocycles.